The van der Waals surface area contributed by atoms with Gasteiger partial charge in [-0.15, -0.1) is 0 Å². The molecule has 2 aromatic rings. The average Bonchev–Trinajstić information content (AvgIpc) is 2.83. The van der Waals surface area contributed by atoms with E-state index in [1.807, 2.05) is 0 Å². The highest BCUT2D eigenvalue weighted by Crippen LogP contribution is 2.42. The highest BCUT2D eigenvalue weighted by Gasteiger charge is 2.35. The number of aromatic nitrogens is 1. The SMILES string of the molecule is Cc1ccc2c(c1)c1c3n2CCN(CC(O)CN2CCCCCC2)C3CCC1. The summed E-state index contributed by atoms with van der Waals surface area (Å²) in [6, 6.07) is 7.45. The topological polar surface area (TPSA) is 31.6 Å². The molecule has 2 atom stereocenters. The van der Waals surface area contributed by atoms with E-state index >= 15 is 0 Å². The molecule has 1 aromatic heterocycles. The Labute approximate surface area is 169 Å². The van der Waals surface area contributed by atoms with Crippen LogP contribution in [0.25, 0.3) is 10.9 Å². The molecule has 4 nitrogen and oxygen atoms in total. The van der Waals surface area contributed by atoms with E-state index in [0.717, 1.165) is 39.3 Å². The van der Waals surface area contributed by atoms with Gasteiger partial charge in [0, 0.05) is 42.8 Å². The van der Waals surface area contributed by atoms with Gasteiger partial charge in [-0.1, -0.05) is 24.5 Å². The molecule has 28 heavy (non-hydrogen) atoms. The van der Waals surface area contributed by atoms with Gasteiger partial charge in [0.15, 0.2) is 0 Å². The zero-order chi connectivity index (χ0) is 19.1. The number of fused-ring (bicyclic) bond motifs is 3. The standard InChI is InChI=1S/C24H35N3O/c1-18-9-10-22-21(15-18)20-7-6-8-23-24(20)27(22)14-13-26(23)17-19(28)16-25-11-4-2-3-5-12-25/h9-10,15,19,23,28H,2-8,11-14,16-17H2,1H3. The molecule has 3 aliphatic rings. The van der Waals surface area contributed by atoms with Crippen molar-refractivity contribution < 1.29 is 5.11 Å². The number of hydrogen-bond acceptors (Lipinski definition) is 3. The number of aryl methyl sites for hydroxylation is 2. The zero-order valence-corrected chi connectivity index (χ0v) is 17.4. The largest absolute Gasteiger partial charge is 0.390 e. The van der Waals surface area contributed by atoms with Crippen molar-refractivity contribution in [3.63, 3.8) is 0 Å². The number of aliphatic hydroxyl groups is 1. The Morgan fingerprint density at radius 3 is 2.64 bits per heavy atom. The first-order valence-electron chi connectivity index (χ1n) is 11.5. The van der Waals surface area contributed by atoms with Crippen molar-refractivity contribution in [2.45, 2.75) is 70.6 Å². The summed E-state index contributed by atoms with van der Waals surface area (Å²) in [5, 5.41) is 12.4. The van der Waals surface area contributed by atoms with Crippen LogP contribution in [-0.4, -0.2) is 58.3 Å². The van der Waals surface area contributed by atoms with Crippen molar-refractivity contribution in [1.29, 1.82) is 0 Å². The highest BCUT2D eigenvalue weighted by atomic mass is 16.3. The number of hydrogen-bond donors (Lipinski definition) is 1. The summed E-state index contributed by atoms with van der Waals surface area (Å²) in [7, 11) is 0. The fourth-order valence-electron chi connectivity index (χ4n) is 5.95. The van der Waals surface area contributed by atoms with E-state index in [1.165, 1.54) is 61.4 Å². The Kier molecular flexibility index (Phi) is 5.20. The van der Waals surface area contributed by atoms with Gasteiger partial charge in [0.25, 0.3) is 0 Å². The Balaban J connectivity index is 1.35. The van der Waals surface area contributed by atoms with Gasteiger partial charge >= 0.3 is 0 Å². The van der Waals surface area contributed by atoms with Crippen LogP contribution in [0, 0.1) is 6.92 Å². The number of β-amino-alcohol motifs (C(OH)–C–C–N with tert-alkyl or cyclic N) is 1. The molecule has 0 saturated carbocycles. The highest BCUT2D eigenvalue weighted by molar-refractivity contribution is 5.87. The third kappa shape index (κ3) is 3.40. The molecule has 1 saturated heterocycles. The quantitative estimate of drug-likeness (QED) is 0.872. The van der Waals surface area contributed by atoms with Crippen molar-refractivity contribution in [1.82, 2.24) is 14.4 Å². The second-order valence-electron chi connectivity index (χ2n) is 9.31. The van der Waals surface area contributed by atoms with E-state index in [4.69, 9.17) is 0 Å². The molecule has 0 amide bonds. The first kappa shape index (κ1) is 18.7. The molecule has 5 rings (SSSR count). The summed E-state index contributed by atoms with van der Waals surface area (Å²) in [5.41, 5.74) is 5.92. The van der Waals surface area contributed by atoms with Gasteiger partial charge in [-0.25, -0.2) is 0 Å². The average molecular weight is 382 g/mol. The summed E-state index contributed by atoms with van der Waals surface area (Å²) in [6.07, 6.45) is 8.78. The van der Waals surface area contributed by atoms with Crippen LogP contribution in [0.5, 0.6) is 0 Å². The van der Waals surface area contributed by atoms with Gasteiger partial charge in [0.1, 0.15) is 0 Å². The lowest BCUT2D eigenvalue weighted by molar-refractivity contribution is 0.0426. The van der Waals surface area contributed by atoms with E-state index in [1.54, 1.807) is 11.3 Å². The second kappa shape index (κ2) is 7.81. The molecular formula is C24H35N3O. The normalized spacial score (nSPS) is 24.9. The lowest BCUT2D eigenvalue weighted by Gasteiger charge is -2.41. The molecular weight excluding hydrogens is 346 g/mol. The molecule has 1 aromatic carbocycles. The van der Waals surface area contributed by atoms with Crippen LogP contribution < -0.4 is 0 Å². The smallest absolute Gasteiger partial charge is 0.0794 e. The fourth-order valence-corrected chi connectivity index (χ4v) is 5.95. The van der Waals surface area contributed by atoms with E-state index in [2.05, 4.69) is 39.5 Å². The number of likely N-dealkylation sites (tertiary alicyclic amines) is 1. The summed E-state index contributed by atoms with van der Waals surface area (Å²) < 4.78 is 2.59. The Hall–Kier alpha value is -1.36. The van der Waals surface area contributed by atoms with Gasteiger partial charge < -0.3 is 14.6 Å². The van der Waals surface area contributed by atoms with Gasteiger partial charge in [-0.3, -0.25) is 4.90 Å². The Morgan fingerprint density at radius 2 is 1.82 bits per heavy atom. The van der Waals surface area contributed by atoms with Gasteiger partial charge in [-0.2, -0.15) is 0 Å². The van der Waals surface area contributed by atoms with Crippen LogP contribution in [0.2, 0.25) is 0 Å². The molecule has 1 fully saturated rings. The maximum Gasteiger partial charge on any atom is 0.0794 e. The van der Waals surface area contributed by atoms with Crippen LogP contribution in [0.15, 0.2) is 18.2 Å². The maximum absolute atomic E-state index is 10.9. The number of aliphatic hydroxyl groups excluding tert-OH is 1. The van der Waals surface area contributed by atoms with Gasteiger partial charge in [0.05, 0.1) is 12.1 Å². The summed E-state index contributed by atoms with van der Waals surface area (Å²) in [6.45, 7) is 8.32. The molecule has 0 spiro atoms. The number of nitrogens with zero attached hydrogens (tertiary/aromatic N) is 3. The van der Waals surface area contributed by atoms with Crippen LogP contribution in [-0.2, 0) is 13.0 Å². The number of rotatable bonds is 4. The lowest BCUT2D eigenvalue weighted by atomic mass is 9.89. The molecule has 4 heteroatoms. The second-order valence-corrected chi connectivity index (χ2v) is 9.31. The zero-order valence-electron chi connectivity index (χ0n) is 17.4. The van der Waals surface area contributed by atoms with Crippen LogP contribution in [0.3, 0.4) is 0 Å². The first-order chi connectivity index (χ1) is 13.7. The lowest BCUT2D eigenvalue weighted by Crippen LogP contribution is -2.46. The number of benzene rings is 1. The third-order valence-corrected chi connectivity index (χ3v) is 7.25. The third-order valence-electron chi connectivity index (χ3n) is 7.25. The van der Waals surface area contributed by atoms with Crippen LogP contribution in [0.4, 0.5) is 0 Å². The van der Waals surface area contributed by atoms with E-state index in [0.29, 0.717) is 6.04 Å². The minimum Gasteiger partial charge on any atom is -0.390 e. The monoisotopic (exact) mass is 381 g/mol. The molecule has 0 bridgehead atoms. The molecule has 2 aliphatic heterocycles. The minimum absolute atomic E-state index is 0.235. The van der Waals surface area contributed by atoms with Gasteiger partial charge in [0.2, 0.25) is 0 Å². The fraction of sp³-hybridized carbons (Fsp3) is 0.667. The molecule has 1 aliphatic carbocycles. The van der Waals surface area contributed by atoms with E-state index < -0.39 is 0 Å². The summed E-state index contributed by atoms with van der Waals surface area (Å²) >= 11 is 0. The van der Waals surface area contributed by atoms with Crippen molar-refractivity contribution in [2.24, 2.45) is 0 Å². The molecule has 3 heterocycles. The van der Waals surface area contributed by atoms with Crippen LogP contribution in [0.1, 0.15) is 61.4 Å². The maximum atomic E-state index is 10.9. The molecule has 152 valence electrons. The Bertz CT molecular complexity index is 834. The van der Waals surface area contributed by atoms with Crippen molar-refractivity contribution in [3.05, 3.63) is 35.0 Å². The predicted molar refractivity (Wildman–Crippen MR) is 115 cm³/mol. The van der Waals surface area contributed by atoms with E-state index in [-0.39, 0.29) is 6.10 Å². The molecule has 1 N–H and O–H groups in total. The van der Waals surface area contributed by atoms with Crippen molar-refractivity contribution in [2.75, 3.05) is 32.7 Å². The minimum atomic E-state index is -0.235. The van der Waals surface area contributed by atoms with Crippen LogP contribution >= 0.6 is 0 Å². The Morgan fingerprint density at radius 1 is 1.00 bits per heavy atom. The van der Waals surface area contributed by atoms with Crippen molar-refractivity contribution >= 4 is 10.9 Å². The molecule has 0 radical (unpaired) electrons. The predicted octanol–water partition coefficient (Wildman–Crippen LogP) is 3.88. The van der Waals surface area contributed by atoms with Gasteiger partial charge in [-0.05, 0) is 69.8 Å². The first-order valence-corrected chi connectivity index (χ1v) is 11.5. The molecule has 2 unspecified atom stereocenters. The summed E-state index contributed by atoms with van der Waals surface area (Å²) in [5.74, 6) is 0. The van der Waals surface area contributed by atoms with Crippen molar-refractivity contribution in [3.8, 4) is 0 Å². The summed E-state index contributed by atoms with van der Waals surface area (Å²) in [4.78, 5) is 5.08. The van der Waals surface area contributed by atoms with E-state index in [9.17, 15) is 5.11 Å².